The van der Waals surface area contributed by atoms with Gasteiger partial charge in [-0.3, -0.25) is 11.3 Å². The zero-order chi connectivity index (χ0) is 11.2. The summed E-state index contributed by atoms with van der Waals surface area (Å²) in [7, 11) is 1.75. The van der Waals surface area contributed by atoms with Crippen molar-refractivity contribution in [3.63, 3.8) is 0 Å². The Morgan fingerprint density at radius 2 is 1.93 bits per heavy atom. The average molecular weight is 202 g/mol. The van der Waals surface area contributed by atoms with Crippen LogP contribution in [0.15, 0.2) is 0 Å². The van der Waals surface area contributed by atoms with Crippen LogP contribution in [-0.4, -0.2) is 18.8 Å². The summed E-state index contributed by atoms with van der Waals surface area (Å²) >= 11 is 0. The summed E-state index contributed by atoms with van der Waals surface area (Å²) in [5, 5.41) is 0. The third kappa shape index (κ3) is 3.95. The predicted octanol–water partition coefficient (Wildman–Crippen LogP) is 2.07. The van der Waals surface area contributed by atoms with Crippen molar-refractivity contribution >= 4 is 0 Å². The second-order valence-corrected chi connectivity index (χ2v) is 4.56. The first-order chi connectivity index (χ1) is 6.50. The van der Waals surface area contributed by atoms with Crippen LogP contribution in [0.2, 0.25) is 0 Å². The molecule has 14 heavy (non-hydrogen) atoms. The van der Waals surface area contributed by atoms with Gasteiger partial charge >= 0.3 is 0 Å². The molecule has 0 aliphatic heterocycles. The maximum Gasteiger partial charge on any atom is 0.0813 e. The van der Waals surface area contributed by atoms with Gasteiger partial charge in [0.25, 0.3) is 0 Å². The Kier molecular flexibility index (Phi) is 6.33. The number of rotatable bonds is 7. The molecule has 0 aromatic carbocycles. The fourth-order valence-electron chi connectivity index (χ4n) is 1.60. The normalized spacial score (nSPS) is 18.2. The molecule has 0 bridgehead atoms. The molecule has 86 valence electrons. The second kappa shape index (κ2) is 6.38. The number of methoxy groups -OCH3 is 1. The Hall–Kier alpha value is -0.120. The number of nitrogens with one attached hydrogen (secondary N) is 1. The quantitative estimate of drug-likeness (QED) is 0.491. The van der Waals surface area contributed by atoms with E-state index < -0.39 is 0 Å². The summed E-state index contributed by atoms with van der Waals surface area (Å²) in [4.78, 5) is 0. The molecular formula is C11H26N2O. The van der Waals surface area contributed by atoms with Gasteiger partial charge in [0, 0.05) is 13.2 Å². The van der Waals surface area contributed by atoms with Gasteiger partial charge < -0.3 is 4.74 Å². The molecule has 0 aliphatic rings. The molecule has 0 aliphatic carbocycles. The molecule has 0 saturated heterocycles. The average Bonchev–Trinajstić information content (AvgIpc) is 2.17. The lowest BCUT2D eigenvalue weighted by atomic mass is 9.88. The number of nitrogens with two attached hydrogens (primary N) is 1. The molecule has 0 radical (unpaired) electrons. The predicted molar refractivity (Wildman–Crippen MR) is 60.9 cm³/mol. The van der Waals surface area contributed by atoms with Crippen molar-refractivity contribution in [1.82, 2.24) is 5.43 Å². The Morgan fingerprint density at radius 1 is 1.36 bits per heavy atom. The minimum absolute atomic E-state index is 0.149. The Balaban J connectivity index is 4.22. The lowest BCUT2D eigenvalue weighted by Gasteiger charge is -2.35. The smallest absolute Gasteiger partial charge is 0.0813 e. The van der Waals surface area contributed by atoms with E-state index in [1.54, 1.807) is 7.11 Å². The first kappa shape index (κ1) is 13.9. The minimum atomic E-state index is -0.149. The first-order valence-electron chi connectivity index (χ1n) is 5.51. The van der Waals surface area contributed by atoms with Crippen LogP contribution in [0.3, 0.4) is 0 Å². The summed E-state index contributed by atoms with van der Waals surface area (Å²) in [5.41, 5.74) is 2.73. The van der Waals surface area contributed by atoms with Crippen LogP contribution in [0.5, 0.6) is 0 Å². The summed E-state index contributed by atoms with van der Waals surface area (Å²) in [5.74, 6) is 6.28. The number of ether oxygens (including phenoxy) is 1. The third-order valence-electron chi connectivity index (χ3n) is 3.14. The van der Waals surface area contributed by atoms with Gasteiger partial charge in [-0.15, -0.1) is 0 Å². The molecular weight excluding hydrogens is 176 g/mol. The molecule has 2 unspecified atom stereocenters. The zero-order valence-electron chi connectivity index (χ0n) is 10.3. The van der Waals surface area contributed by atoms with E-state index in [-0.39, 0.29) is 11.6 Å². The molecule has 0 fully saturated rings. The number of hydrazine groups is 1. The van der Waals surface area contributed by atoms with Gasteiger partial charge in [-0.2, -0.15) is 0 Å². The monoisotopic (exact) mass is 202 g/mol. The summed E-state index contributed by atoms with van der Waals surface area (Å²) < 4.78 is 5.53. The highest BCUT2D eigenvalue weighted by molar-refractivity contribution is 4.87. The lowest BCUT2D eigenvalue weighted by molar-refractivity contribution is -0.0322. The fraction of sp³-hybridized carbons (Fsp3) is 1.00. The fourth-order valence-corrected chi connectivity index (χ4v) is 1.60. The van der Waals surface area contributed by atoms with Crippen molar-refractivity contribution in [3.05, 3.63) is 0 Å². The molecule has 0 heterocycles. The second-order valence-electron chi connectivity index (χ2n) is 4.56. The summed E-state index contributed by atoms with van der Waals surface area (Å²) in [6, 6.07) is 0.236. The lowest BCUT2D eigenvalue weighted by Crippen LogP contribution is -2.52. The summed E-state index contributed by atoms with van der Waals surface area (Å²) in [6.07, 6.45) is 3.20. The van der Waals surface area contributed by atoms with Gasteiger partial charge in [-0.1, -0.05) is 20.8 Å². The minimum Gasteiger partial charge on any atom is -0.377 e. The summed E-state index contributed by atoms with van der Waals surface area (Å²) in [6.45, 7) is 8.69. The van der Waals surface area contributed by atoms with E-state index in [0.29, 0.717) is 5.92 Å². The standard InChI is InChI=1S/C11H26N2O/c1-6-11(4,14-5)10(13-12)8-7-9(2)3/h9-10,13H,6-8,12H2,1-5H3. The van der Waals surface area contributed by atoms with Gasteiger partial charge in [-0.25, -0.2) is 0 Å². The van der Waals surface area contributed by atoms with Gasteiger partial charge in [0.1, 0.15) is 0 Å². The highest BCUT2D eigenvalue weighted by atomic mass is 16.5. The zero-order valence-corrected chi connectivity index (χ0v) is 10.3. The molecule has 3 nitrogen and oxygen atoms in total. The van der Waals surface area contributed by atoms with Crippen LogP contribution in [0, 0.1) is 5.92 Å². The van der Waals surface area contributed by atoms with E-state index in [9.17, 15) is 0 Å². The van der Waals surface area contributed by atoms with Crippen molar-refractivity contribution in [2.45, 2.75) is 58.6 Å². The van der Waals surface area contributed by atoms with Gasteiger partial charge in [0.2, 0.25) is 0 Å². The SMILES string of the molecule is CCC(C)(OC)C(CCC(C)C)NN. The molecule has 0 aromatic heterocycles. The highest BCUT2D eigenvalue weighted by Gasteiger charge is 2.31. The molecule has 0 aromatic rings. The van der Waals surface area contributed by atoms with E-state index in [0.717, 1.165) is 12.8 Å². The van der Waals surface area contributed by atoms with Gasteiger partial charge in [0.15, 0.2) is 0 Å². The van der Waals surface area contributed by atoms with Crippen LogP contribution >= 0.6 is 0 Å². The maximum absolute atomic E-state index is 5.57. The number of hydrogen-bond donors (Lipinski definition) is 2. The van der Waals surface area contributed by atoms with Crippen molar-refractivity contribution in [1.29, 1.82) is 0 Å². The molecule has 0 saturated carbocycles. The molecule has 0 amide bonds. The van der Waals surface area contributed by atoms with E-state index in [2.05, 4.69) is 33.1 Å². The van der Waals surface area contributed by atoms with Gasteiger partial charge in [-0.05, 0) is 32.1 Å². The van der Waals surface area contributed by atoms with E-state index >= 15 is 0 Å². The van der Waals surface area contributed by atoms with E-state index in [1.807, 2.05) is 0 Å². The topological polar surface area (TPSA) is 47.3 Å². The van der Waals surface area contributed by atoms with Crippen LogP contribution in [-0.2, 0) is 4.74 Å². The van der Waals surface area contributed by atoms with Crippen molar-refractivity contribution in [3.8, 4) is 0 Å². The Morgan fingerprint density at radius 3 is 2.21 bits per heavy atom. The van der Waals surface area contributed by atoms with Crippen LogP contribution in [0.1, 0.15) is 47.0 Å². The molecule has 3 N–H and O–H groups in total. The van der Waals surface area contributed by atoms with Gasteiger partial charge in [0.05, 0.1) is 5.60 Å². The first-order valence-corrected chi connectivity index (χ1v) is 5.51. The molecule has 0 rings (SSSR count). The molecule has 0 spiro atoms. The highest BCUT2D eigenvalue weighted by Crippen LogP contribution is 2.23. The van der Waals surface area contributed by atoms with E-state index in [4.69, 9.17) is 10.6 Å². The van der Waals surface area contributed by atoms with Crippen LogP contribution in [0.25, 0.3) is 0 Å². The van der Waals surface area contributed by atoms with Crippen molar-refractivity contribution in [2.75, 3.05) is 7.11 Å². The van der Waals surface area contributed by atoms with Crippen molar-refractivity contribution in [2.24, 2.45) is 11.8 Å². The van der Waals surface area contributed by atoms with Crippen molar-refractivity contribution < 1.29 is 4.74 Å². The Labute approximate surface area is 88.4 Å². The van der Waals surface area contributed by atoms with E-state index in [1.165, 1.54) is 6.42 Å². The number of hydrogen-bond acceptors (Lipinski definition) is 3. The third-order valence-corrected chi connectivity index (χ3v) is 3.14. The van der Waals surface area contributed by atoms with Crippen LogP contribution < -0.4 is 11.3 Å². The van der Waals surface area contributed by atoms with Crippen LogP contribution in [0.4, 0.5) is 0 Å². The largest absolute Gasteiger partial charge is 0.377 e. The molecule has 3 heteroatoms. The maximum atomic E-state index is 5.57. The Bertz CT molecular complexity index is 144. The molecule has 2 atom stereocenters.